The summed E-state index contributed by atoms with van der Waals surface area (Å²) in [5.74, 6) is -2.55. The van der Waals surface area contributed by atoms with Crippen molar-refractivity contribution in [1.82, 2.24) is 5.32 Å². The van der Waals surface area contributed by atoms with E-state index in [0.717, 1.165) is 0 Å². The maximum Gasteiger partial charge on any atom is 0.309 e. The molecule has 1 amide bonds. The molecule has 4 heteroatoms. The molecule has 0 aromatic rings. The summed E-state index contributed by atoms with van der Waals surface area (Å²) in [5, 5.41) is 2.15. The van der Waals surface area contributed by atoms with E-state index in [1.807, 2.05) is 0 Å². The summed E-state index contributed by atoms with van der Waals surface area (Å²) in [4.78, 5) is 9.54. The summed E-state index contributed by atoms with van der Waals surface area (Å²) in [5.41, 5.74) is 0. The van der Waals surface area contributed by atoms with Crippen LogP contribution in [0.15, 0.2) is 0 Å². The maximum absolute atomic E-state index is 11.9. The van der Waals surface area contributed by atoms with Crippen LogP contribution in [-0.2, 0) is 4.79 Å². The van der Waals surface area contributed by atoms with Gasteiger partial charge >= 0.3 is 6.41 Å². The normalized spacial score (nSPS) is 24.7. The topological polar surface area (TPSA) is 29.1 Å². The summed E-state index contributed by atoms with van der Waals surface area (Å²) in [7, 11) is 0. The Morgan fingerprint density at radius 1 is 1.56 bits per heavy atom. The molecule has 1 rings (SSSR count). The van der Waals surface area contributed by atoms with Gasteiger partial charge in [0.15, 0.2) is 0 Å². The molecule has 0 bridgehead atoms. The first kappa shape index (κ1) is 6.45. The molecule has 1 aliphatic carbocycles. The average Bonchev–Trinajstić information content (AvgIpc) is 1.62. The second-order valence-electron chi connectivity index (χ2n) is 2.21. The fourth-order valence-electron chi connectivity index (χ4n) is 0.847. The molecule has 1 fully saturated rings. The van der Waals surface area contributed by atoms with Gasteiger partial charge in [0.2, 0.25) is 0 Å². The van der Waals surface area contributed by atoms with E-state index >= 15 is 0 Å². The number of halogens is 2. The smallest absolute Gasteiger partial charge is 0.309 e. The maximum atomic E-state index is 11.9. The van der Waals surface area contributed by atoms with Crippen LogP contribution < -0.4 is 5.32 Å². The van der Waals surface area contributed by atoms with E-state index in [-0.39, 0.29) is 18.9 Å². The van der Waals surface area contributed by atoms with Gasteiger partial charge in [0.25, 0.3) is 5.92 Å². The Morgan fingerprint density at radius 3 is 2.44 bits per heavy atom. The van der Waals surface area contributed by atoms with Crippen LogP contribution >= 0.6 is 0 Å². The molecule has 0 spiro atoms. The molecule has 0 aromatic carbocycles. The number of alkyl halides is 2. The summed E-state index contributed by atoms with van der Waals surface area (Å²) < 4.78 is 23.9. The SMILES string of the molecule is O=[C]NC1CC(F)(F)C1. The largest absolute Gasteiger partial charge is 0.345 e. The molecule has 1 aliphatic rings. The molecule has 0 atom stereocenters. The van der Waals surface area contributed by atoms with Gasteiger partial charge in [-0.05, 0) is 0 Å². The van der Waals surface area contributed by atoms with Crippen LogP contribution in [0.2, 0.25) is 0 Å². The minimum Gasteiger partial charge on any atom is -0.345 e. The van der Waals surface area contributed by atoms with E-state index in [9.17, 15) is 13.6 Å². The second-order valence-corrected chi connectivity index (χ2v) is 2.21. The van der Waals surface area contributed by atoms with Crippen molar-refractivity contribution in [3.63, 3.8) is 0 Å². The molecular weight excluding hydrogens is 128 g/mol. The van der Waals surface area contributed by atoms with Crippen molar-refractivity contribution in [2.45, 2.75) is 24.8 Å². The van der Waals surface area contributed by atoms with Crippen molar-refractivity contribution >= 4 is 6.41 Å². The summed E-state index contributed by atoms with van der Waals surface area (Å²) in [6.07, 6.45) is 0.906. The van der Waals surface area contributed by atoms with Gasteiger partial charge in [0, 0.05) is 18.9 Å². The highest BCUT2D eigenvalue weighted by molar-refractivity contribution is 5.48. The number of hydrogen-bond acceptors (Lipinski definition) is 1. The molecule has 2 nitrogen and oxygen atoms in total. The third kappa shape index (κ3) is 1.37. The van der Waals surface area contributed by atoms with Gasteiger partial charge in [-0.1, -0.05) is 0 Å². The first-order valence-corrected chi connectivity index (χ1v) is 2.64. The number of nitrogens with one attached hydrogen (secondary N) is 1. The fourth-order valence-corrected chi connectivity index (χ4v) is 0.847. The Bertz CT molecular complexity index is 118. The Labute approximate surface area is 51.2 Å². The number of rotatable bonds is 2. The minimum atomic E-state index is -2.55. The lowest BCUT2D eigenvalue weighted by Gasteiger charge is -2.33. The molecule has 1 saturated carbocycles. The lowest BCUT2D eigenvalue weighted by atomic mass is 9.88. The number of carbonyl (C=O) groups excluding carboxylic acids is 1. The zero-order chi connectivity index (χ0) is 6.91. The van der Waals surface area contributed by atoms with Gasteiger partial charge < -0.3 is 5.32 Å². The van der Waals surface area contributed by atoms with Crippen LogP contribution in [0.1, 0.15) is 12.8 Å². The van der Waals surface area contributed by atoms with E-state index < -0.39 is 5.92 Å². The Kier molecular flexibility index (Phi) is 1.38. The van der Waals surface area contributed by atoms with Gasteiger partial charge in [-0.3, -0.25) is 4.79 Å². The molecule has 9 heavy (non-hydrogen) atoms. The second kappa shape index (κ2) is 1.93. The third-order valence-electron chi connectivity index (χ3n) is 1.35. The van der Waals surface area contributed by atoms with Gasteiger partial charge in [0.1, 0.15) is 0 Å². The van der Waals surface area contributed by atoms with Crippen LogP contribution in [0.4, 0.5) is 8.78 Å². The summed E-state index contributed by atoms with van der Waals surface area (Å²) >= 11 is 0. The zero-order valence-electron chi connectivity index (χ0n) is 4.66. The van der Waals surface area contributed by atoms with Crippen LogP contribution in [0.5, 0.6) is 0 Å². The van der Waals surface area contributed by atoms with Gasteiger partial charge in [-0.2, -0.15) is 0 Å². The van der Waals surface area contributed by atoms with Crippen LogP contribution in [0, 0.1) is 0 Å². The zero-order valence-corrected chi connectivity index (χ0v) is 4.66. The predicted molar refractivity (Wildman–Crippen MR) is 26.8 cm³/mol. The van der Waals surface area contributed by atoms with Crippen molar-refractivity contribution in [3.8, 4) is 0 Å². The highest BCUT2D eigenvalue weighted by Gasteiger charge is 2.45. The minimum absolute atomic E-state index is 0.234. The van der Waals surface area contributed by atoms with E-state index in [2.05, 4.69) is 5.32 Å². The fraction of sp³-hybridized carbons (Fsp3) is 0.800. The van der Waals surface area contributed by atoms with Crippen molar-refractivity contribution < 1.29 is 13.6 Å². The van der Waals surface area contributed by atoms with Gasteiger partial charge in [-0.25, -0.2) is 8.78 Å². The van der Waals surface area contributed by atoms with Crippen LogP contribution in [0.3, 0.4) is 0 Å². The first-order chi connectivity index (χ1) is 4.14. The molecule has 1 radical (unpaired) electrons. The Morgan fingerprint density at radius 2 is 2.11 bits per heavy atom. The highest BCUT2D eigenvalue weighted by atomic mass is 19.3. The summed E-state index contributed by atoms with van der Waals surface area (Å²) in [6.45, 7) is 0. The van der Waals surface area contributed by atoms with Crippen molar-refractivity contribution in [2.24, 2.45) is 0 Å². The Hall–Kier alpha value is -0.670. The third-order valence-corrected chi connectivity index (χ3v) is 1.35. The molecule has 0 heterocycles. The summed E-state index contributed by atoms with van der Waals surface area (Å²) in [6, 6.07) is -0.350. The average molecular weight is 134 g/mol. The van der Waals surface area contributed by atoms with Crippen molar-refractivity contribution in [3.05, 3.63) is 0 Å². The lowest BCUT2D eigenvalue weighted by Crippen LogP contribution is -2.47. The number of hydrogen-bond donors (Lipinski definition) is 1. The predicted octanol–water partition coefficient (Wildman–Crippen LogP) is 0.441. The van der Waals surface area contributed by atoms with Gasteiger partial charge in [0.05, 0.1) is 0 Å². The number of amides is 1. The lowest BCUT2D eigenvalue weighted by molar-refractivity contribution is -0.0886. The quantitative estimate of drug-likeness (QED) is 0.545. The molecule has 51 valence electrons. The molecule has 0 saturated heterocycles. The monoisotopic (exact) mass is 134 g/mol. The standard InChI is InChI=1S/C5H6F2NO/c6-5(7)1-4(2-5)8-3-9/h4H,1-2H2,(H,8,9). The van der Waals surface area contributed by atoms with Crippen LogP contribution in [0.25, 0.3) is 0 Å². The molecule has 1 N–H and O–H groups in total. The Balaban J connectivity index is 2.19. The molecule has 0 aliphatic heterocycles. The van der Waals surface area contributed by atoms with E-state index in [1.54, 1.807) is 0 Å². The van der Waals surface area contributed by atoms with Gasteiger partial charge in [-0.15, -0.1) is 0 Å². The molecular formula is C5H6F2NO. The van der Waals surface area contributed by atoms with Crippen molar-refractivity contribution in [1.29, 1.82) is 0 Å². The van der Waals surface area contributed by atoms with Crippen LogP contribution in [-0.4, -0.2) is 18.4 Å². The highest BCUT2D eigenvalue weighted by Crippen LogP contribution is 2.36. The van der Waals surface area contributed by atoms with E-state index in [1.165, 1.54) is 6.41 Å². The van der Waals surface area contributed by atoms with Crippen molar-refractivity contribution in [2.75, 3.05) is 0 Å². The molecule has 0 aromatic heterocycles. The first-order valence-electron chi connectivity index (χ1n) is 2.64. The van der Waals surface area contributed by atoms with E-state index in [0.29, 0.717) is 0 Å². The van der Waals surface area contributed by atoms with E-state index in [4.69, 9.17) is 0 Å². The molecule has 0 unspecified atom stereocenters.